The van der Waals surface area contributed by atoms with Gasteiger partial charge in [0.05, 0.1) is 11.5 Å². The maximum Gasteiger partial charge on any atom is 0.416 e. The number of fused-ring (bicyclic) bond motifs is 1. The van der Waals surface area contributed by atoms with Gasteiger partial charge in [0.15, 0.2) is 5.65 Å². The lowest BCUT2D eigenvalue weighted by Crippen LogP contribution is -2.41. The maximum atomic E-state index is 12.6. The lowest BCUT2D eigenvalue weighted by Gasteiger charge is -2.32. The first-order chi connectivity index (χ1) is 13.4. The van der Waals surface area contributed by atoms with Crippen LogP contribution in [0.3, 0.4) is 0 Å². The van der Waals surface area contributed by atoms with Crippen LogP contribution >= 0.6 is 0 Å². The molecule has 0 aliphatic carbocycles. The highest BCUT2D eigenvalue weighted by Gasteiger charge is 2.30. The van der Waals surface area contributed by atoms with Crippen LogP contribution in [0.4, 0.5) is 24.7 Å². The molecule has 1 aliphatic heterocycles. The van der Waals surface area contributed by atoms with E-state index < -0.39 is 11.7 Å². The SMILES string of the molecule is O=C(Nc1ccc(C(F)(F)F)cc1)[C@@H]1CCCN(c2ccc3nncn3n2)C1. The Kier molecular flexibility index (Phi) is 4.62. The fourth-order valence-corrected chi connectivity index (χ4v) is 3.27. The first kappa shape index (κ1) is 18.2. The number of hydrogen-bond donors (Lipinski definition) is 1. The molecule has 1 amide bonds. The largest absolute Gasteiger partial charge is 0.416 e. The predicted molar refractivity (Wildman–Crippen MR) is 95.8 cm³/mol. The second-order valence-electron chi connectivity index (χ2n) is 6.67. The summed E-state index contributed by atoms with van der Waals surface area (Å²) < 4.78 is 39.5. The van der Waals surface area contributed by atoms with Crippen LogP contribution in [-0.2, 0) is 11.0 Å². The zero-order chi connectivity index (χ0) is 19.7. The van der Waals surface area contributed by atoms with Gasteiger partial charge in [-0.1, -0.05) is 0 Å². The molecule has 0 spiro atoms. The molecule has 1 saturated heterocycles. The second-order valence-corrected chi connectivity index (χ2v) is 6.67. The summed E-state index contributed by atoms with van der Waals surface area (Å²) in [6, 6.07) is 8.09. The molecule has 4 rings (SSSR count). The predicted octanol–water partition coefficient (Wildman–Crippen LogP) is 3.00. The molecule has 0 saturated carbocycles. The number of benzene rings is 1. The van der Waals surface area contributed by atoms with Crippen molar-refractivity contribution in [2.75, 3.05) is 23.3 Å². The first-order valence-corrected chi connectivity index (χ1v) is 8.80. The number of amides is 1. The number of carbonyl (C=O) groups excluding carboxylic acids is 1. The van der Waals surface area contributed by atoms with Crippen LogP contribution in [0.25, 0.3) is 5.65 Å². The average molecular weight is 390 g/mol. The molecule has 0 radical (unpaired) electrons. The number of nitrogens with one attached hydrogen (secondary N) is 1. The third-order valence-electron chi connectivity index (χ3n) is 4.74. The second kappa shape index (κ2) is 7.10. The molecule has 1 fully saturated rings. The molecular formula is C18H17F3N6O. The van der Waals surface area contributed by atoms with Gasteiger partial charge >= 0.3 is 6.18 Å². The Morgan fingerprint density at radius 2 is 1.93 bits per heavy atom. The molecule has 3 heterocycles. The molecule has 10 heteroatoms. The van der Waals surface area contributed by atoms with E-state index in [1.165, 1.54) is 18.5 Å². The highest BCUT2D eigenvalue weighted by atomic mass is 19.4. The maximum absolute atomic E-state index is 12.6. The lowest BCUT2D eigenvalue weighted by atomic mass is 9.97. The minimum atomic E-state index is -4.40. The van der Waals surface area contributed by atoms with Gasteiger partial charge in [0, 0.05) is 18.8 Å². The lowest BCUT2D eigenvalue weighted by molar-refractivity contribution is -0.137. The van der Waals surface area contributed by atoms with Crippen LogP contribution in [0.15, 0.2) is 42.7 Å². The van der Waals surface area contributed by atoms with E-state index in [-0.39, 0.29) is 11.8 Å². The number of nitrogens with zero attached hydrogens (tertiary/aromatic N) is 5. The van der Waals surface area contributed by atoms with E-state index in [1.54, 1.807) is 10.6 Å². The third kappa shape index (κ3) is 3.75. The molecule has 28 heavy (non-hydrogen) atoms. The van der Waals surface area contributed by atoms with E-state index in [4.69, 9.17) is 0 Å². The van der Waals surface area contributed by atoms with E-state index in [0.29, 0.717) is 24.3 Å². The molecule has 3 aromatic rings. The monoisotopic (exact) mass is 390 g/mol. The number of alkyl halides is 3. The van der Waals surface area contributed by atoms with Crippen molar-refractivity contribution in [2.45, 2.75) is 19.0 Å². The highest BCUT2D eigenvalue weighted by molar-refractivity contribution is 5.93. The summed E-state index contributed by atoms with van der Waals surface area (Å²) in [6.07, 6.45) is -1.37. The molecule has 0 unspecified atom stereocenters. The van der Waals surface area contributed by atoms with Gasteiger partial charge in [-0.3, -0.25) is 4.79 Å². The van der Waals surface area contributed by atoms with Crippen molar-refractivity contribution >= 4 is 23.1 Å². The Labute approximate surface area is 158 Å². The summed E-state index contributed by atoms with van der Waals surface area (Å²) in [5, 5.41) is 14.9. The Morgan fingerprint density at radius 1 is 1.14 bits per heavy atom. The molecule has 1 N–H and O–H groups in total. The van der Waals surface area contributed by atoms with Crippen molar-refractivity contribution in [2.24, 2.45) is 5.92 Å². The Morgan fingerprint density at radius 3 is 2.68 bits per heavy atom. The normalized spacial score (nSPS) is 17.7. The number of rotatable bonds is 3. The summed E-state index contributed by atoms with van der Waals surface area (Å²) in [6.45, 7) is 1.25. The quantitative estimate of drug-likeness (QED) is 0.744. The van der Waals surface area contributed by atoms with Crippen molar-refractivity contribution in [3.8, 4) is 0 Å². The van der Waals surface area contributed by atoms with Crippen LogP contribution < -0.4 is 10.2 Å². The van der Waals surface area contributed by atoms with Gasteiger partial charge in [0.25, 0.3) is 0 Å². The van der Waals surface area contributed by atoms with Gasteiger partial charge in [-0.25, -0.2) is 0 Å². The smallest absolute Gasteiger partial charge is 0.354 e. The van der Waals surface area contributed by atoms with Gasteiger partial charge in [-0.2, -0.15) is 17.7 Å². The van der Waals surface area contributed by atoms with Crippen LogP contribution in [0.2, 0.25) is 0 Å². The van der Waals surface area contributed by atoms with Gasteiger partial charge in [0.2, 0.25) is 5.91 Å². The zero-order valence-corrected chi connectivity index (χ0v) is 14.7. The van der Waals surface area contributed by atoms with Crippen LogP contribution in [0.5, 0.6) is 0 Å². The number of hydrogen-bond acceptors (Lipinski definition) is 5. The van der Waals surface area contributed by atoms with Crippen LogP contribution in [-0.4, -0.2) is 38.8 Å². The number of anilines is 2. The van der Waals surface area contributed by atoms with Gasteiger partial charge in [-0.05, 0) is 49.2 Å². The summed E-state index contributed by atoms with van der Waals surface area (Å²) >= 11 is 0. The zero-order valence-electron chi connectivity index (χ0n) is 14.7. The molecule has 1 atom stereocenters. The minimum Gasteiger partial charge on any atom is -0.354 e. The molecule has 7 nitrogen and oxygen atoms in total. The summed E-state index contributed by atoms with van der Waals surface area (Å²) in [7, 11) is 0. The van der Waals surface area contributed by atoms with E-state index in [0.717, 1.165) is 30.9 Å². The number of halogens is 3. The average Bonchev–Trinajstić information content (AvgIpc) is 3.15. The number of aromatic nitrogens is 4. The Bertz CT molecular complexity index is 985. The van der Waals surface area contributed by atoms with Gasteiger partial charge in [-0.15, -0.1) is 15.3 Å². The van der Waals surface area contributed by atoms with Crippen LogP contribution in [0, 0.1) is 5.92 Å². The van der Waals surface area contributed by atoms with Crippen molar-refractivity contribution < 1.29 is 18.0 Å². The van der Waals surface area contributed by atoms with E-state index in [9.17, 15) is 18.0 Å². The number of carbonyl (C=O) groups is 1. The van der Waals surface area contributed by atoms with Gasteiger partial charge in [0.1, 0.15) is 12.1 Å². The van der Waals surface area contributed by atoms with E-state index in [1.807, 2.05) is 11.0 Å². The van der Waals surface area contributed by atoms with Crippen molar-refractivity contribution in [1.29, 1.82) is 0 Å². The molecule has 1 aliphatic rings. The van der Waals surface area contributed by atoms with E-state index in [2.05, 4.69) is 20.6 Å². The number of piperidine rings is 1. The summed E-state index contributed by atoms with van der Waals surface area (Å²) in [5.74, 6) is 0.226. The van der Waals surface area contributed by atoms with Gasteiger partial charge < -0.3 is 10.2 Å². The highest BCUT2D eigenvalue weighted by Crippen LogP contribution is 2.30. The molecular weight excluding hydrogens is 373 g/mol. The molecule has 0 bridgehead atoms. The van der Waals surface area contributed by atoms with Crippen molar-refractivity contribution in [3.63, 3.8) is 0 Å². The Balaban J connectivity index is 1.43. The molecule has 2 aromatic heterocycles. The van der Waals surface area contributed by atoms with E-state index >= 15 is 0 Å². The Hall–Kier alpha value is -3.17. The minimum absolute atomic E-state index is 0.213. The summed E-state index contributed by atoms with van der Waals surface area (Å²) in [4.78, 5) is 14.6. The fourth-order valence-electron chi connectivity index (χ4n) is 3.27. The van der Waals surface area contributed by atoms with Crippen molar-refractivity contribution in [1.82, 2.24) is 19.8 Å². The topological polar surface area (TPSA) is 75.4 Å². The third-order valence-corrected chi connectivity index (χ3v) is 4.74. The fraction of sp³-hybridized carbons (Fsp3) is 0.333. The van der Waals surface area contributed by atoms with Crippen LogP contribution in [0.1, 0.15) is 18.4 Å². The molecule has 146 valence electrons. The first-order valence-electron chi connectivity index (χ1n) is 8.80. The standard InChI is InChI=1S/C18H17F3N6O/c19-18(20,21)13-3-5-14(6-4-13)23-17(28)12-2-1-9-26(10-12)16-8-7-15-24-22-11-27(15)25-16/h3-8,11-12H,1-2,9-10H2,(H,23,28)/t12-/m1/s1. The molecule has 1 aromatic carbocycles. The summed E-state index contributed by atoms with van der Waals surface area (Å²) in [5.41, 5.74) is 0.237. The van der Waals surface area contributed by atoms with Crippen molar-refractivity contribution in [3.05, 3.63) is 48.3 Å².